The van der Waals surface area contributed by atoms with Crippen molar-refractivity contribution < 1.29 is 28.5 Å². The van der Waals surface area contributed by atoms with Crippen molar-refractivity contribution in [1.29, 1.82) is 0 Å². The fourth-order valence-corrected chi connectivity index (χ4v) is 1.51. The number of phenolic OH excluding ortho intramolecular Hbond substituents is 1. The van der Waals surface area contributed by atoms with Crippen molar-refractivity contribution in [3.8, 4) is 5.75 Å². The normalized spacial score (nSPS) is 15.6. The van der Waals surface area contributed by atoms with Crippen molar-refractivity contribution in [2.24, 2.45) is 0 Å². The second-order valence-electron chi connectivity index (χ2n) is 3.44. The summed E-state index contributed by atoms with van der Waals surface area (Å²) in [5.74, 6) is -0.979. The molecule has 0 aliphatic heterocycles. The minimum Gasteiger partial charge on any atom is -0.508 e. The number of alkyl halides is 4. The fraction of sp³-hybridized carbons (Fsp3) is 0.400. The zero-order valence-corrected chi connectivity index (χ0v) is 9.20. The number of phenols is 1. The molecule has 0 fully saturated rings. The van der Waals surface area contributed by atoms with E-state index in [1.165, 1.54) is 0 Å². The molecule has 0 spiro atoms. The first kappa shape index (κ1) is 14.1. The largest absolute Gasteiger partial charge is 0.508 e. The first-order valence-corrected chi connectivity index (χ1v) is 5.13. The Morgan fingerprint density at radius 2 is 1.82 bits per heavy atom. The SMILES string of the molecule is Oc1ccc(C(O)C(O)CCl)c(C(F)(F)F)c1. The van der Waals surface area contributed by atoms with Crippen molar-refractivity contribution in [3.05, 3.63) is 29.3 Å². The van der Waals surface area contributed by atoms with Crippen LogP contribution < -0.4 is 0 Å². The van der Waals surface area contributed by atoms with E-state index in [0.717, 1.165) is 12.1 Å². The lowest BCUT2D eigenvalue weighted by molar-refractivity contribution is -0.139. The van der Waals surface area contributed by atoms with E-state index >= 15 is 0 Å². The average Bonchev–Trinajstić information content (AvgIpc) is 2.25. The molecule has 0 aliphatic rings. The van der Waals surface area contributed by atoms with Gasteiger partial charge in [0.1, 0.15) is 11.9 Å². The van der Waals surface area contributed by atoms with E-state index in [4.69, 9.17) is 16.7 Å². The van der Waals surface area contributed by atoms with Crippen LogP contribution in [0, 0.1) is 0 Å². The van der Waals surface area contributed by atoms with Crippen LogP contribution >= 0.6 is 11.6 Å². The summed E-state index contributed by atoms with van der Waals surface area (Å²) in [6.07, 6.45) is -8.01. The summed E-state index contributed by atoms with van der Waals surface area (Å²) >= 11 is 5.25. The third kappa shape index (κ3) is 3.24. The van der Waals surface area contributed by atoms with Crippen molar-refractivity contribution in [3.63, 3.8) is 0 Å². The van der Waals surface area contributed by atoms with Gasteiger partial charge in [-0.3, -0.25) is 0 Å². The summed E-state index contributed by atoms with van der Waals surface area (Å²) in [6.45, 7) is 0. The Bertz CT molecular complexity index is 395. The summed E-state index contributed by atoms with van der Waals surface area (Å²) in [6, 6.07) is 2.38. The van der Waals surface area contributed by atoms with Gasteiger partial charge in [0.2, 0.25) is 0 Å². The van der Waals surface area contributed by atoms with Crippen molar-refractivity contribution in [2.45, 2.75) is 18.4 Å². The summed E-state index contributed by atoms with van der Waals surface area (Å²) in [7, 11) is 0. The van der Waals surface area contributed by atoms with Crippen LogP contribution in [0.5, 0.6) is 5.75 Å². The molecule has 0 saturated heterocycles. The molecule has 2 atom stereocenters. The maximum atomic E-state index is 12.6. The molecule has 0 radical (unpaired) electrons. The molecule has 3 nitrogen and oxygen atoms in total. The molecule has 0 amide bonds. The molecule has 7 heteroatoms. The van der Waals surface area contributed by atoms with Crippen molar-refractivity contribution >= 4 is 11.6 Å². The molecule has 0 heterocycles. The topological polar surface area (TPSA) is 60.7 Å². The number of hydrogen-bond donors (Lipinski definition) is 3. The minimum atomic E-state index is -4.74. The number of hydrogen-bond acceptors (Lipinski definition) is 3. The lowest BCUT2D eigenvalue weighted by Gasteiger charge is -2.20. The Hall–Kier alpha value is -0.980. The second kappa shape index (κ2) is 5.12. The Labute approximate surface area is 100 Å². The van der Waals surface area contributed by atoms with Crippen molar-refractivity contribution in [1.82, 2.24) is 0 Å². The zero-order valence-electron chi connectivity index (χ0n) is 8.45. The molecule has 17 heavy (non-hydrogen) atoms. The molecule has 0 bridgehead atoms. The highest BCUT2D eigenvalue weighted by molar-refractivity contribution is 6.18. The second-order valence-corrected chi connectivity index (χ2v) is 3.74. The van der Waals surface area contributed by atoms with Gasteiger partial charge in [-0.15, -0.1) is 11.6 Å². The summed E-state index contributed by atoms with van der Waals surface area (Å²) in [4.78, 5) is 0. The van der Waals surface area contributed by atoms with Crippen LogP contribution in [0.4, 0.5) is 13.2 Å². The van der Waals surface area contributed by atoms with E-state index in [9.17, 15) is 23.4 Å². The van der Waals surface area contributed by atoms with E-state index < -0.39 is 41.1 Å². The maximum absolute atomic E-state index is 12.6. The Morgan fingerprint density at radius 3 is 2.29 bits per heavy atom. The molecule has 1 aromatic rings. The molecule has 96 valence electrons. The van der Waals surface area contributed by atoms with Crippen LogP contribution in [0.15, 0.2) is 18.2 Å². The lowest BCUT2D eigenvalue weighted by atomic mass is 9.98. The quantitative estimate of drug-likeness (QED) is 0.737. The number of aliphatic hydroxyl groups excluding tert-OH is 2. The maximum Gasteiger partial charge on any atom is 0.416 e. The highest BCUT2D eigenvalue weighted by Crippen LogP contribution is 2.37. The summed E-state index contributed by atoms with van der Waals surface area (Å²) < 4.78 is 37.9. The monoisotopic (exact) mass is 270 g/mol. The van der Waals surface area contributed by atoms with Gasteiger partial charge in [0, 0.05) is 0 Å². The predicted octanol–water partition coefficient (Wildman–Crippen LogP) is 2.04. The molecule has 1 aromatic carbocycles. The van der Waals surface area contributed by atoms with Gasteiger partial charge < -0.3 is 15.3 Å². The molecule has 0 aromatic heterocycles. The number of aromatic hydroxyl groups is 1. The third-order valence-corrected chi connectivity index (χ3v) is 2.50. The van der Waals surface area contributed by atoms with E-state index in [2.05, 4.69) is 0 Å². The molecule has 1 rings (SSSR count). The molecule has 2 unspecified atom stereocenters. The number of aliphatic hydroxyl groups is 2. The number of benzene rings is 1. The molecule has 3 N–H and O–H groups in total. The predicted molar refractivity (Wildman–Crippen MR) is 54.8 cm³/mol. The number of rotatable bonds is 3. The van der Waals surface area contributed by atoms with Crippen LogP contribution in [-0.4, -0.2) is 27.3 Å². The van der Waals surface area contributed by atoms with Crippen LogP contribution in [0.3, 0.4) is 0 Å². The Morgan fingerprint density at radius 1 is 1.24 bits per heavy atom. The summed E-state index contributed by atoms with van der Waals surface area (Å²) in [5, 5.41) is 27.7. The third-order valence-electron chi connectivity index (χ3n) is 2.18. The van der Waals surface area contributed by atoms with E-state index in [-0.39, 0.29) is 0 Å². The fourth-order valence-electron chi connectivity index (χ4n) is 1.34. The zero-order chi connectivity index (χ0) is 13.2. The lowest BCUT2D eigenvalue weighted by Crippen LogP contribution is -2.23. The van der Waals surface area contributed by atoms with Gasteiger partial charge in [-0.1, -0.05) is 6.07 Å². The smallest absolute Gasteiger partial charge is 0.416 e. The highest BCUT2D eigenvalue weighted by atomic mass is 35.5. The van der Waals surface area contributed by atoms with E-state index in [0.29, 0.717) is 6.07 Å². The van der Waals surface area contributed by atoms with Gasteiger partial charge in [0.05, 0.1) is 17.5 Å². The van der Waals surface area contributed by atoms with Crippen LogP contribution in [0.1, 0.15) is 17.2 Å². The van der Waals surface area contributed by atoms with Crippen LogP contribution in [0.25, 0.3) is 0 Å². The standard InChI is InChI=1S/C10H10ClF3O3/c11-4-8(16)9(17)6-2-1-5(15)3-7(6)10(12,13)14/h1-3,8-9,15-17H,4H2. The first-order valence-electron chi connectivity index (χ1n) is 4.59. The van der Waals surface area contributed by atoms with Gasteiger partial charge in [-0.2, -0.15) is 13.2 Å². The number of halogens is 4. The van der Waals surface area contributed by atoms with Gasteiger partial charge in [0.25, 0.3) is 0 Å². The van der Waals surface area contributed by atoms with Crippen molar-refractivity contribution in [2.75, 3.05) is 5.88 Å². The summed E-state index contributed by atoms with van der Waals surface area (Å²) in [5.41, 5.74) is -1.72. The Kier molecular flexibility index (Phi) is 4.24. The van der Waals surface area contributed by atoms with Gasteiger partial charge >= 0.3 is 6.18 Å². The molecular weight excluding hydrogens is 261 g/mol. The Balaban J connectivity index is 3.24. The first-order chi connectivity index (χ1) is 7.77. The van der Waals surface area contributed by atoms with E-state index in [1.54, 1.807) is 0 Å². The van der Waals surface area contributed by atoms with Gasteiger partial charge in [-0.25, -0.2) is 0 Å². The van der Waals surface area contributed by atoms with Crippen LogP contribution in [0.2, 0.25) is 0 Å². The highest BCUT2D eigenvalue weighted by Gasteiger charge is 2.36. The van der Waals surface area contributed by atoms with Gasteiger partial charge in [0.15, 0.2) is 0 Å². The molecular formula is C10H10ClF3O3. The average molecular weight is 271 g/mol. The minimum absolute atomic E-state index is 0.403. The van der Waals surface area contributed by atoms with E-state index in [1.807, 2.05) is 0 Å². The van der Waals surface area contributed by atoms with Gasteiger partial charge in [-0.05, 0) is 17.7 Å². The van der Waals surface area contributed by atoms with Crippen LogP contribution in [-0.2, 0) is 6.18 Å². The molecule has 0 aliphatic carbocycles. The molecule has 0 saturated carbocycles.